The molecule has 4 aromatic rings. The monoisotopic (exact) mass is 872 g/mol. The number of allylic oxidation sites excluding steroid dienone is 8. The molecule has 54 heavy (non-hydrogen) atoms. The first-order valence-corrected chi connectivity index (χ1v) is 26.6. The minimum atomic E-state index is -5.00. The molecule has 4 aliphatic carbocycles. The van der Waals surface area contributed by atoms with Crippen molar-refractivity contribution in [1.29, 1.82) is 0 Å². The van der Waals surface area contributed by atoms with Gasteiger partial charge in [-0.15, -0.1) is 24.8 Å². The maximum atomic E-state index is 6.97. The van der Waals surface area contributed by atoms with Crippen molar-refractivity contribution in [2.75, 3.05) is 0 Å². The summed E-state index contributed by atoms with van der Waals surface area (Å²) in [5.41, 5.74) is 15.5. The van der Waals surface area contributed by atoms with E-state index in [4.69, 9.17) is 27.4 Å². The Hall–Kier alpha value is -2.25. The molecule has 1 atom stereocenters. The van der Waals surface area contributed by atoms with E-state index in [1.807, 2.05) is 12.1 Å². The topological polar surface area (TPSA) is 0 Å². The summed E-state index contributed by atoms with van der Waals surface area (Å²) in [4.78, 5) is 0. The molecule has 1 unspecified atom stereocenters. The molecule has 0 aromatic heterocycles. The average Bonchev–Trinajstić information content (AvgIpc) is 3.73. The number of hydrogen-bond donors (Lipinski definition) is 0. The SMILES string of the molecule is Cl.Cl.[CH2]=[Zr]([C]1=CC(C(C)(C)C)=CC1)([c]1cccc(Cl)c1)([c]1cccc(Cl)c1)[CH]1C=C(C)c2cc3c(cc2C1(C)C)Cc1cc2c(cc1-3)C(C)=CCC2(C)C. The van der Waals surface area contributed by atoms with Crippen molar-refractivity contribution in [2.45, 2.75) is 96.0 Å². The molecule has 4 aliphatic rings. The van der Waals surface area contributed by atoms with E-state index in [0.29, 0.717) is 0 Å². The van der Waals surface area contributed by atoms with Crippen molar-refractivity contribution in [2.24, 2.45) is 5.41 Å². The molecule has 0 heterocycles. The fraction of sp³-hybridized carbons (Fsp3) is 0.327. The Bertz CT molecular complexity index is 2370. The Kier molecular flexibility index (Phi) is 10.5. The normalized spacial score (nSPS) is 19.4. The fourth-order valence-electron chi connectivity index (χ4n) is 10.6. The van der Waals surface area contributed by atoms with Crippen molar-refractivity contribution in [1.82, 2.24) is 0 Å². The van der Waals surface area contributed by atoms with Crippen LogP contribution in [0.5, 0.6) is 0 Å². The van der Waals surface area contributed by atoms with E-state index in [1.54, 1.807) is 0 Å². The summed E-state index contributed by atoms with van der Waals surface area (Å²) in [5.74, 6) is 0. The molecule has 4 aromatic carbocycles. The van der Waals surface area contributed by atoms with Crippen molar-refractivity contribution < 1.29 is 18.3 Å². The number of halogens is 4. The van der Waals surface area contributed by atoms with Crippen LogP contribution in [-0.2, 0) is 35.5 Å². The Labute approximate surface area is 347 Å². The second-order valence-corrected chi connectivity index (χ2v) is 33.1. The quantitative estimate of drug-likeness (QED) is 0.169. The summed E-state index contributed by atoms with van der Waals surface area (Å²) in [7, 11) is 0. The molecule has 8 rings (SSSR count). The molecule has 0 N–H and O–H groups in total. The molecule has 5 heteroatoms. The number of hydrogen-bond acceptors (Lipinski definition) is 0. The number of rotatable bonds is 4. The van der Waals surface area contributed by atoms with Crippen LogP contribution in [0.3, 0.4) is 0 Å². The summed E-state index contributed by atoms with van der Waals surface area (Å²) >= 11 is 8.94. The van der Waals surface area contributed by atoms with Gasteiger partial charge in [0.2, 0.25) is 0 Å². The van der Waals surface area contributed by atoms with Gasteiger partial charge in [0, 0.05) is 0 Å². The van der Waals surface area contributed by atoms with Gasteiger partial charge in [-0.05, 0) is 0 Å². The number of benzene rings is 4. The van der Waals surface area contributed by atoms with Crippen LogP contribution in [0.4, 0.5) is 0 Å². The van der Waals surface area contributed by atoms with Crippen LogP contribution >= 0.6 is 48.0 Å². The first-order chi connectivity index (χ1) is 24.3. The van der Waals surface area contributed by atoms with E-state index < -0.39 is 18.3 Å². The molecular formula is C49H54Cl4Zr. The van der Waals surface area contributed by atoms with Crippen LogP contribution in [0.2, 0.25) is 13.7 Å². The summed E-state index contributed by atoms with van der Waals surface area (Å²) < 4.78 is 9.95. The molecule has 0 fully saturated rings. The van der Waals surface area contributed by atoms with E-state index in [0.717, 1.165) is 29.3 Å². The molecular weight excluding hydrogens is 822 g/mol. The van der Waals surface area contributed by atoms with E-state index in [-0.39, 0.29) is 44.7 Å². The molecule has 0 aliphatic heterocycles. The van der Waals surface area contributed by atoms with Crippen LogP contribution < -0.4 is 6.54 Å². The van der Waals surface area contributed by atoms with E-state index >= 15 is 0 Å². The van der Waals surface area contributed by atoms with Crippen LogP contribution in [0, 0.1) is 5.41 Å². The predicted molar refractivity (Wildman–Crippen MR) is 240 cm³/mol. The summed E-state index contributed by atoms with van der Waals surface area (Å²) in [5, 5.41) is 1.51. The standard InChI is InChI=1S/C27H29.C9H13.2C6H4Cl.CH2.2ClH.Zr/c1-16-7-9-26(3,4)24-12-18-11-19-13-25-21(17(2)8-10-27(25,5)6)15-23(19)22(18)14-20(16)24;1-9(2,3)8-6-4-5-7-8;2*7-6-4-2-1-3-5-6;;;;/h7-9,12-15H,10-11H2,1-6H3;6-7H,4H2,1-3H3;2*1-2,4-5H;1H2;2*1H;. The predicted octanol–water partition coefficient (Wildman–Crippen LogP) is 14.0. The Morgan fingerprint density at radius 1 is 0.704 bits per heavy atom. The second kappa shape index (κ2) is 13.7. The molecule has 0 amide bonds. The van der Waals surface area contributed by atoms with Gasteiger partial charge in [-0.1, -0.05) is 0 Å². The molecule has 282 valence electrons. The molecule has 0 saturated carbocycles. The van der Waals surface area contributed by atoms with E-state index in [2.05, 4.69) is 147 Å². The fourth-order valence-corrected chi connectivity index (χ4v) is 29.9. The molecule has 0 nitrogen and oxygen atoms in total. The van der Waals surface area contributed by atoms with E-state index in [1.165, 1.54) is 71.1 Å². The van der Waals surface area contributed by atoms with Gasteiger partial charge in [0.1, 0.15) is 0 Å². The Morgan fingerprint density at radius 3 is 1.76 bits per heavy atom. The van der Waals surface area contributed by atoms with Crippen LogP contribution in [0.1, 0.15) is 109 Å². The van der Waals surface area contributed by atoms with Gasteiger partial charge < -0.3 is 0 Å². The molecule has 0 spiro atoms. The number of fused-ring (bicyclic) bond motifs is 5. The maximum absolute atomic E-state index is 6.97. The third kappa shape index (κ3) is 5.97. The zero-order valence-corrected chi connectivity index (χ0v) is 38.8. The van der Waals surface area contributed by atoms with Gasteiger partial charge in [0.05, 0.1) is 0 Å². The summed E-state index contributed by atoms with van der Waals surface area (Å²) in [6.45, 7) is 21.4. The van der Waals surface area contributed by atoms with Crippen LogP contribution in [-0.4, -0.2) is 4.21 Å². The second-order valence-electron chi connectivity index (χ2n) is 18.7. The minimum absolute atomic E-state index is 0. The molecule has 0 saturated heterocycles. The van der Waals surface area contributed by atoms with Crippen LogP contribution in [0.15, 0.2) is 106 Å². The first-order valence-electron chi connectivity index (χ1n) is 19.0. The molecule has 0 bridgehead atoms. The Morgan fingerprint density at radius 2 is 1.24 bits per heavy atom. The zero-order valence-electron chi connectivity index (χ0n) is 33.2. The van der Waals surface area contributed by atoms with Gasteiger partial charge in [0.25, 0.3) is 0 Å². The molecule has 0 radical (unpaired) electrons. The van der Waals surface area contributed by atoms with Gasteiger partial charge in [-0.3, -0.25) is 0 Å². The summed E-state index contributed by atoms with van der Waals surface area (Å²) in [6.07, 6.45) is 13.0. The zero-order chi connectivity index (χ0) is 37.2. The van der Waals surface area contributed by atoms with Gasteiger partial charge >= 0.3 is 325 Å². The van der Waals surface area contributed by atoms with Crippen molar-refractivity contribution in [3.05, 3.63) is 149 Å². The van der Waals surface area contributed by atoms with Crippen molar-refractivity contribution in [3.8, 4) is 11.1 Å². The van der Waals surface area contributed by atoms with E-state index in [9.17, 15) is 0 Å². The third-order valence-corrected chi connectivity index (χ3v) is 32.2. The summed E-state index contributed by atoms with van der Waals surface area (Å²) in [6, 6.07) is 27.6. The average molecular weight is 876 g/mol. The van der Waals surface area contributed by atoms with Gasteiger partial charge in [-0.25, -0.2) is 0 Å². The van der Waals surface area contributed by atoms with Crippen LogP contribution in [0.25, 0.3) is 22.3 Å². The van der Waals surface area contributed by atoms with Gasteiger partial charge in [0.15, 0.2) is 0 Å². The Balaban J connectivity index is 0.00000249. The first kappa shape index (κ1) is 41.4. The van der Waals surface area contributed by atoms with Gasteiger partial charge in [-0.2, -0.15) is 0 Å². The van der Waals surface area contributed by atoms with Crippen molar-refractivity contribution in [3.63, 3.8) is 0 Å². The van der Waals surface area contributed by atoms with Crippen molar-refractivity contribution >= 4 is 69.9 Å². The third-order valence-electron chi connectivity index (χ3n) is 13.7.